The average molecular weight is 241 g/mol. The van der Waals surface area contributed by atoms with Crippen molar-refractivity contribution in [2.24, 2.45) is 5.92 Å². The van der Waals surface area contributed by atoms with Crippen LogP contribution in [0.2, 0.25) is 0 Å². The molecule has 1 aliphatic rings. The van der Waals surface area contributed by atoms with Crippen LogP contribution >= 0.6 is 12.4 Å². The molecule has 1 heterocycles. The molecule has 1 unspecified atom stereocenters. The number of hydrogen-bond donors (Lipinski definition) is 1. The maximum atomic E-state index is 11.6. The molecule has 0 saturated heterocycles. The fourth-order valence-corrected chi connectivity index (χ4v) is 1.92. The number of halogens is 1. The topological polar surface area (TPSA) is 32.3 Å². The van der Waals surface area contributed by atoms with Crippen molar-refractivity contribution in [3.05, 3.63) is 24.3 Å². The van der Waals surface area contributed by atoms with E-state index in [4.69, 9.17) is 0 Å². The van der Waals surface area contributed by atoms with Gasteiger partial charge in [0.05, 0.1) is 11.4 Å². The molecule has 0 aliphatic carbocycles. The van der Waals surface area contributed by atoms with Crippen LogP contribution in [0.5, 0.6) is 0 Å². The second-order valence-electron chi connectivity index (χ2n) is 4.13. The number of rotatable bonds is 0. The van der Waals surface area contributed by atoms with Gasteiger partial charge < -0.3 is 10.2 Å². The molecule has 1 aromatic carbocycles. The molecule has 2 rings (SSSR count). The van der Waals surface area contributed by atoms with Crippen molar-refractivity contribution in [1.82, 2.24) is 0 Å². The molecule has 0 aromatic heterocycles. The molecule has 1 N–H and O–H groups in total. The first-order chi connectivity index (χ1) is 7.18. The van der Waals surface area contributed by atoms with Gasteiger partial charge in [0.25, 0.3) is 0 Å². The Bertz CT molecular complexity index is 381. The molecule has 0 radical (unpaired) electrons. The normalized spacial score (nSPS) is 18.9. The van der Waals surface area contributed by atoms with Gasteiger partial charge in [-0.15, -0.1) is 12.4 Å². The molecule has 0 fully saturated rings. The number of para-hydroxylation sites is 2. The van der Waals surface area contributed by atoms with Gasteiger partial charge in [-0.1, -0.05) is 19.1 Å². The van der Waals surface area contributed by atoms with Crippen molar-refractivity contribution in [3.63, 3.8) is 0 Å². The summed E-state index contributed by atoms with van der Waals surface area (Å²) in [5, 5.41) is 3.37. The van der Waals surface area contributed by atoms with Crippen LogP contribution in [-0.2, 0) is 4.79 Å². The van der Waals surface area contributed by atoms with Gasteiger partial charge in [-0.25, -0.2) is 0 Å². The van der Waals surface area contributed by atoms with Crippen LogP contribution in [0.15, 0.2) is 24.3 Å². The Balaban J connectivity index is 0.00000128. The number of amides is 1. The highest BCUT2D eigenvalue weighted by Gasteiger charge is 2.21. The predicted octanol–water partition coefficient (Wildman–Crippen LogP) is 2.52. The standard InChI is InChI=1S/C12H16N2O.ClH/c1-9-7-13-11-5-3-4-6-12(11)14(8-9)10(2)15;/h3-6,9,13H,7-8H2,1-2H3;1H. The third-order valence-electron chi connectivity index (χ3n) is 2.71. The van der Waals surface area contributed by atoms with Gasteiger partial charge in [0.2, 0.25) is 5.91 Å². The molecule has 4 heteroatoms. The van der Waals surface area contributed by atoms with Gasteiger partial charge in [0, 0.05) is 20.0 Å². The van der Waals surface area contributed by atoms with Gasteiger partial charge in [0.15, 0.2) is 0 Å². The van der Waals surface area contributed by atoms with Crippen LogP contribution in [0.3, 0.4) is 0 Å². The monoisotopic (exact) mass is 240 g/mol. The van der Waals surface area contributed by atoms with E-state index in [-0.39, 0.29) is 18.3 Å². The minimum atomic E-state index is 0. The van der Waals surface area contributed by atoms with Gasteiger partial charge in [0.1, 0.15) is 0 Å². The lowest BCUT2D eigenvalue weighted by molar-refractivity contribution is -0.116. The van der Waals surface area contributed by atoms with Crippen LogP contribution < -0.4 is 10.2 Å². The number of nitrogens with one attached hydrogen (secondary N) is 1. The number of carbonyl (C=O) groups is 1. The summed E-state index contributed by atoms with van der Waals surface area (Å²) in [6.07, 6.45) is 0. The number of benzene rings is 1. The minimum Gasteiger partial charge on any atom is -0.383 e. The summed E-state index contributed by atoms with van der Waals surface area (Å²) < 4.78 is 0. The molecule has 3 nitrogen and oxygen atoms in total. The maximum absolute atomic E-state index is 11.6. The summed E-state index contributed by atoms with van der Waals surface area (Å²) in [7, 11) is 0. The van der Waals surface area contributed by atoms with Crippen molar-refractivity contribution in [2.75, 3.05) is 23.3 Å². The highest BCUT2D eigenvalue weighted by atomic mass is 35.5. The van der Waals surface area contributed by atoms with Crippen molar-refractivity contribution >= 4 is 29.7 Å². The summed E-state index contributed by atoms with van der Waals surface area (Å²) in [5.74, 6) is 0.583. The lowest BCUT2D eigenvalue weighted by Crippen LogP contribution is -2.32. The van der Waals surface area contributed by atoms with Gasteiger partial charge in [-0.05, 0) is 18.1 Å². The molecule has 88 valence electrons. The highest BCUT2D eigenvalue weighted by Crippen LogP contribution is 2.29. The molecule has 1 atom stereocenters. The Hall–Kier alpha value is -1.22. The Morgan fingerprint density at radius 1 is 1.44 bits per heavy atom. The van der Waals surface area contributed by atoms with E-state index in [1.807, 2.05) is 29.2 Å². The largest absolute Gasteiger partial charge is 0.383 e. The van der Waals surface area contributed by atoms with E-state index in [1.54, 1.807) is 6.92 Å². The summed E-state index contributed by atoms with van der Waals surface area (Å²) in [4.78, 5) is 13.4. The molecule has 16 heavy (non-hydrogen) atoms. The minimum absolute atomic E-state index is 0. The molecule has 0 spiro atoms. The van der Waals surface area contributed by atoms with E-state index in [0.29, 0.717) is 5.92 Å². The van der Waals surface area contributed by atoms with Crippen LogP contribution in [-0.4, -0.2) is 19.0 Å². The second-order valence-corrected chi connectivity index (χ2v) is 4.13. The predicted molar refractivity (Wildman–Crippen MR) is 69.4 cm³/mol. The summed E-state index contributed by atoms with van der Waals surface area (Å²) in [5.41, 5.74) is 2.05. The maximum Gasteiger partial charge on any atom is 0.223 e. The Labute approximate surface area is 102 Å². The zero-order valence-electron chi connectivity index (χ0n) is 9.56. The fourth-order valence-electron chi connectivity index (χ4n) is 1.92. The van der Waals surface area contributed by atoms with E-state index < -0.39 is 0 Å². The summed E-state index contributed by atoms with van der Waals surface area (Å²) in [6, 6.07) is 7.96. The van der Waals surface area contributed by atoms with E-state index >= 15 is 0 Å². The molecule has 1 aliphatic heterocycles. The average Bonchev–Trinajstić information content (AvgIpc) is 2.39. The first kappa shape index (κ1) is 12.8. The van der Waals surface area contributed by atoms with Gasteiger partial charge in [-0.3, -0.25) is 4.79 Å². The highest BCUT2D eigenvalue weighted by molar-refractivity contribution is 5.95. The third kappa shape index (κ3) is 2.47. The smallest absolute Gasteiger partial charge is 0.223 e. The molecule has 1 aromatic rings. The van der Waals surface area contributed by atoms with Crippen molar-refractivity contribution < 1.29 is 4.79 Å². The van der Waals surface area contributed by atoms with Crippen LogP contribution in [0.4, 0.5) is 11.4 Å². The fraction of sp³-hybridized carbons (Fsp3) is 0.417. The lowest BCUT2D eigenvalue weighted by Gasteiger charge is -2.22. The Kier molecular flexibility index (Phi) is 4.19. The number of anilines is 2. The van der Waals surface area contributed by atoms with Crippen LogP contribution in [0, 0.1) is 5.92 Å². The SMILES string of the molecule is CC(=O)N1CC(C)CNc2ccccc21.Cl. The molecular formula is C12H17ClN2O. The van der Waals surface area contributed by atoms with Gasteiger partial charge >= 0.3 is 0 Å². The Morgan fingerprint density at radius 2 is 2.12 bits per heavy atom. The molecular weight excluding hydrogens is 224 g/mol. The third-order valence-corrected chi connectivity index (χ3v) is 2.71. The van der Waals surface area contributed by atoms with Crippen molar-refractivity contribution in [3.8, 4) is 0 Å². The van der Waals surface area contributed by atoms with Gasteiger partial charge in [-0.2, -0.15) is 0 Å². The van der Waals surface area contributed by atoms with E-state index in [9.17, 15) is 4.79 Å². The number of carbonyl (C=O) groups excluding carboxylic acids is 1. The Morgan fingerprint density at radius 3 is 2.81 bits per heavy atom. The van der Waals surface area contributed by atoms with E-state index in [0.717, 1.165) is 24.5 Å². The first-order valence-corrected chi connectivity index (χ1v) is 5.29. The van der Waals surface area contributed by atoms with Crippen molar-refractivity contribution in [1.29, 1.82) is 0 Å². The van der Waals surface area contributed by atoms with E-state index in [2.05, 4.69) is 12.2 Å². The lowest BCUT2D eigenvalue weighted by atomic mass is 10.2. The zero-order valence-corrected chi connectivity index (χ0v) is 10.4. The van der Waals surface area contributed by atoms with Crippen LogP contribution in [0.25, 0.3) is 0 Å². The first-order valence-electron chi connectivity index (χ1n) is 5.29. The molecule has 1 amide bonds. The summed E-state index contributed by atoms with van der Waals surface area (Å²) in [6.45, 7) is 5.48. The summed E-state index contributed by atoms with van der Waals surface area (Å²) >= 11 is 0. The van der Waals surface area contributed by atoms with E-state index in [1.165, 1.54) is 0 Å². The second kappa shape index (κ2) is 5.21. The number of nitrogens with zero attached hydrogens (tertiary/aromatic N) is 1. The van der Waals surface area contributed by atoms with Crippen LogP contribution in [0.1, 0.15) is 13.8 Å². The number of fused-ring (bicyclic) bond motifs is 1. The number of hydrogen-bond acceptors (Lipinski definition) is 2. The zero-order chi connectivity index (χ0) is 10.8. The van der Waals surface area contributed by atoms with Crippen molar-refractivity contribution in [2.45, 2.75) is 13.8 Å². The quantitative estimate of drug-likeness (QED) is 0.756. The molecule has 0 bridgehead atoms. The molecule has 0 saturated carbocycles.